The van der Waals surface area contributed by atoms with Crippen molar-refractivity contribution in [3.63, 3.8) is 0 Å². The van der Waals surface area contributed by atoms with Crippen molar-refractivity contribution in [2.24, 2.45) is 17.8 Å². The predicted molar refractivity (Wildman–Crippen MR) is 71.5 cm³/mol. The van der Waals surface area contributed by atoms with E-state index in [1.165, 1.54) is 25.7 Å². The lowest BCUT2D eigenvalue weighted by Crippen LogP contribution is -2.39. The van der Waals surface area contributed by atoms with Crippen LogP contribution < -0.4 is 0 Å². The number of methoxy groups -OCH3 is 1. The van der Waals surface area contributed by atoms with E-state index in [0.717, 1.165) is 19.8 Å². The third-order valence-electron chi connectivity index (χ3n) is 3.94. The molecule has 1 saturated carbocycles. The Labute approximate surface area is 114 Å². The molecule has 0 radical (unpaired) electrons. The van der Waals surface area contributed by atoms with E-state index < -0.39 is 0 Å². The minimum absolute atomic E-state index is 0.000891. The zero-order chi connectivity index (χ0) is 12.8. The molecule has 0 aromatic rings. The highest BCUT2D eigenvalue weighted by atomic mass is 35.5. The van der Waals surface area contributed by atoms with Crippen molar-refractivity contribution in [3.8, 4) is 0 Å². The summed E-state index contributed by atoms with van der Waals surface area (Å²) in [6.07, 6.45) is 6.84. The molecule has 1 heterocycles. The summed E-state index contributed by atoms with van der Waals surface area (Å²) in [5.74, 6) is 1.58. The van der Waals surface area contributed by atoms with E-state index in [2.05, 4.69) is 6.08 Å². The molecule has 0 aromatic carbocycles. The Morgan fingerprint density at radius 3 is 2.39 bits per heavy atom. The summed E-state index contributed by atoms with van der Waals surface area (Å²) in [5, 5.41) is 0. The highest BCUT2D eigenvalue weighted by Gasteiger charge is 2.31. The molecule has 0 aromatic heterocycles. The fourth-order valence-corrected chi connectivity index (χ4v) is 3.08. The highest BCUT2D eigenvalue weighted by molar-refractivity contribution is 6.25. The lowest BCUT2D eigenvalue weighted by molar-refractivity contribution is -0.233. The molecule has 0 unspecified atom stereocenters. The maximum absolute atomic E-state index is 5.83. The Balaban J connectivity index is 1.71. The fourth-order valence-electron chi connectivity index (χ4n) is 2.87. The van der Waals surface area contributed by atoms with E-state index in [1.807, 2.05) is 0 Å². The summed E-state index contributed by atoms with van der Waals surface area (Å²) < 4.78 is 16.8. The topological polar surface area (TPSA) is 27.7 Å². The van der Waals surface area contributed by atoms with E-state index in [-0.39, 0.29) is 6.29 Å². The number of hydrogen-bond acceptors (Lipinski definition) is 3. The Morgan fingerprint density at radius 2 is 1.83 bits per heavy atom. The van der Waals surface area contributed by atoms with Gasteiger partial charge in [-0.05, 0) is 31.6 Å². The second-order valence-corrected chi connectivity index (χ2v) is 5.60. The Bertz CT molecular complexity index is 254. The van der Waals surface area contributed by atoms with Gasteiger partial charge in [0.15, 0.2) is 6.29 Å². The zero-order valence-electron chi connectivity index (χ0n) is 11.0. The summed E-state index contributed by atoms with van der Waals surface area (Å²) in [6.45, 7) is 2.25. The van der Waals surface area contributed by atoms with Gasteiger partial charge in [-0.25, -0.2) is 0 Å². The van der Waals surface area contributed by atoms with Crippen LogP contribution in [0.3, 0.4) is 0 Å². The van der Waals surface area contributed by atoms with Crippen LogP contribution in [0.15, 0.2) is 11.6 Å². The van der Waals surface area contributed by atoms with Gasteiger partial charge in [-0.1, -0.05) is 17.7 Å². The van der Waals surface area contributed by atoms with E-state index in [1.54, 1.807) is 12.6 Å². The molecule has 1 aliphatic heterocycles. The van der Waals surface area contributed by atoms with Crippen LogP contribution in [0.4, 0.5) is 0 Å². The van der Waals surface area contributed by atoms with Crippen molar-refractivity contribution < 1.29 is 14.2 Å². The lowest BCUT2D eigenvalue weighted by Gasteiger charge is -2.37. The maximum atomic E-state index is 5.83. The molecular weight excluding hydrogens is 252 g/mol. The number of hydrogen-bond donors (Lipinski definition) is 0. The molecular formula is C14H23ClO3. The zero-order valence-corrected chi connectivity index (χ0v) is 11.8. The average molecular weight is 275 g/mol. The molecule has 0 atom stereocenters. The fraction of sp³-hybridized carbons (Fsp3) is 0.857. The second-order valence-electron chi connectivity index (χ2n) is 5.35. The maximum Gasteiger partial charge on any atom is 0.160 e. The summed E-state index contributed by atoms with van der Waals surface area (Å²) in [4.78, 5) is 0. The van der Waals surface area contributed by atoms with Crippen LogP contribution in [-0.4, -0.2) is 33.2 Å². The van der Waals surface area contributed by atoms with Crippen LogP contribution in [0.25, 0.3) is 0 Å². The van der Waals surface area contributed by atoms with Crippen LogP contribution in [0, 0.1) is 17.8 Å². The van der Waals surface area contributed by atoms with Gasteiger partial charge < -0.3 is 14.2 Å². The molecule has 1 saturated heterocycles. The monoisotopic (exact) mass is 274 g/mol. The minimum atomic E-state index is -0.000891. The first kappa shape index (κ1) is 14.3. The molecule has 0 amide bonds. The number of rotatable bonds is 4. The number of halogens is 1. The Kier molecular flexibility index (Phi) is 5.96. The third-order valence-corrected chi connectivity index (χ3v) is 4.09. The number of ether oxygens (including phenoxy) is 3. The van der Waals surface area contributed by atoms with Gasteiger partial charge in [-0.15, -0.1) is 0 Å². The van der Waals surface area contributed by atoms with Crippen molar-refractivity contribution in [1.82, 2.24) is 0 Å². The molecule has 2 fully saturated rings. The summed E-state index contributed by atoms with van der Waals surface area (Å²) in [7, 11) is 1.72. The predicted octanol–water partition coefficient (Wildman–Crippen LogP) is 3.18. The Morgan fingerprint density at radius 1 is 1.17 bits per heavy atom. The lowest BCUT2D eigenvalue weighted by atomic mass is 9.81. The van der Waals surface area contributed by atoms with Crippen LogP contribution in [0.1, 0.15) is 25.7 Å². The summed E-state index contributed by atoms with van der Waals surface area (Å²) >= 11 is 5.62. The first-order valence-electron chi connectivity index (χ1n) is 6.82. The standard InChI is InChI=1S/C14H23ClO3/c1-16-8-12-9-17-14(18-10-12)13-4-2-11(3-5-13)6-7-15/h6-7,11-14H,2-5,8-10H2,1H3/b7-6+. The second kappa shape index (κ2) is 7.49. The first-order valence-corrected chi connectivity index (χ1v) is 7.26. The van der Waals surface area contributed by atoms with Gasteiger partial charge in [-0.2, -0.15) is 0 Å². The molecule has 1 aliphatic carbocycles. The van der Waals surface area contributed by atoms with Gasteiger partial charge >= 0.3 is 0 Å². The quantitative estimate of drug-likeness (QED) is 0.788. The molecule has 3 nitrogen and oxygen atoms in total. The number of allylic oxidation sites excluding steroid dienone is 1. The average Bonchev–Trinajstić information content (AvgIpc) is 2.41. The van der Waals surface area contributed by atoms with E-state index in [9.17, 15) is 0 Å². The normalized spacial score (nSPS) is 38.1. The van der Waals surface area contributed by atoms with Gasteiger partial charge in [0.05, 0.1) is 19.8 Å². The van der Waals surface area contributed by atoms with Crippen LogP contribution in [-0.2, 0) is 14.2 Å². The van der Waals surface area contributed by atoms with Crippen molar-refractivity contribution in [2.45, 2.75) is 32.0 Å². The third kappa shape index (κ3) is 3.95. The van der Waals surface area contributed by atoms with Crippen molar-refractivity contribution in [1.29, 1.82) is 0 Å². The smallest absolute Gasteiger partial charge is 0.160 e. The molecule has 2 rings (SSSR count). The van der Waals surface area contributed by atoms with Gasteiger partial charge in [0.2, 0.25) is 0 Å². The van der Waals surface area contributed by atoms with Crippen LogP contribution in [0.5, 0.6) is 0 Å². The van der Waals surface area contributed by atoms with Crippen molar-refractivity contribution >= 4 is 11.6 Å². The van der Waals surface area contributed by atoms with E-state index in [0.29, 0.717) is 17.8 Å². The van der Waals surface area contributed by atoms with Gasteiger partial charge in [0.25, 0.3) is 0 Å². The highest BCUT2D eigenvalue weighted by Crippen LogP contribution is 2.34. The molecule has 104 valence electrons. The minimum Gasteiger partial charge on any atom is -0.384 e. The summed E-state index contributed by atoms with van der Waals surface area (Å²) in [5.41, 5.74) is 1.65. The van der Waals surface area contributed by atoms with E-state index >= 15 is 0 Å². The van der Waals surface area contributed by atoms with Crippen LogP contribution in [0.2, 0.25) is 0 Å². The van der Waals surface area contributed by atoms with Gasteiger partial charge in [-0.3, -0.25) is 0 Å². The van der Waals surface area contributed by atoms with Gasteiger partial charge in [0, 0.05) is 24.5 Å². The van der Waals surface area contributed by atoms with Crippen molar-refractivity contribution in [2.75, 3.05) is 26.9 Å². The summed E-state index contributed by atoms with van der Waals surface area (Å²) in [6, 6.07) is 0. The van der Waals surface area contributed by atoms with E-state index in [4.69, 9.17) is 25.8 Å². The molecule has 0 bridgehead atoms. The molecule has 0 N–H and O–H groups in total. The Hall–Kier alpha value is -0.0900. The SMILES string of the molecule is COCC1COC(C2CCC(/C=C/Cl)CC2)OC1. The molecule has 2 aliphatic rings. The molecule has 0 spiro atoms. The van der Waals surface area contributed by atoms with Gasteiger partial charge in [0.1, 0.15) is 0 Å². The molecule has 18 heavy (non-hydrogen) atoms. The van der Waals surface area contributed by atoms with Crippen LogP contribution >= 0.6 is 11.6 Å². The first-order chi connectivity index (χ1) is 8.83. The largest absolute Gasteiger partial charge is 0.384 e. The molecule has 4 heteroatoms. The van der Waals surface area contributed by atoms with Crippen molar-refractivity contribution in [3.05, 3.63) is 11.6 Å².